The molecule has 4 aromatic carbocycles. The molecule has 0 aromatic heterocycles. The highest BCUT2D eigenvalue weighted by Gasteiger charge is 2.32. The number of sulfonamides is 1. The van der Waals surface area contributed by atoms with Crippen molar-refractivity contribution in [3.63, 3.8) is 0 Å². The van der Waals surface area contributed by atoms with Gasteiger partial charge < -0.3 is 9.47 Å². The van der Waals surface area contributed by atoms with Gasteiger partial charge in [0.25, 0.3) is 15.9 Å². The third kappa shape index (κ3) is 5.53. The molecule has 0 bridgehead atoms. The lowest BCUT2D eigenvalue weighted by molar-refractivity contribution is -0.119. The van der Waals surface area contributed by atoms with Crippen molar-refractivity contribution in [1.29, 1.82) is 0 Å². The molecule has 4 rings (SSSR count). The highest BCUT2D eigenvalue weighted by molar-refractivity contribution is 7.93. The Hall–Kier alpha value is -3.81. The molecule has 4 aromatic rings. The van der Waals surface area contributed by atoms with Crippen LogP contribution in [-0.2, 0) is 14.8 Å². The van der Waals surface area contributed by atoms with Gasteiger partial charge in [0.1, 0.15) is 11.5 Å². The van der Waals surface area contributed by atoms with Crippen molar-refractivity contribution in [2.45, 2.75) is 11.8 Å². The van der Waals surface area contributed by atoms with Crippen molar-refractivity contribution < 1.29 is 22.7 Å². The average molecular weight is 522 g/mol. The van der Waals surface area contributed by atoms with Gasteiger partial charge in [0.2, 0.25) is 0 Å². The SMILES string of the molecule is COc1ccc(N(C(=O)COc2ccc(-c3ccccc3)cc2)S(=O)(=O)c2ccc(C)cc2)cc1Cl. The number of hydrogen-bond donors (Lipinski definition) is 0. The van der Waals surface area contributed by atoms with Crippen LogP contribution in [0, 0.1) is 6.92 Å². The molecule has 0 atom stereocenters. The Morgan fingerprint density at radius 3 is 2.11 bits per heavy atom. The number of carbonyl (C=O) groups excluding carboxylic acids is 1. The van der Waals surface area contributed by atoms with Gasteiger partial charge in [0.05, 0.1) is 22.7 Å². The number of methoxy groups -OCH3 is 1. The summed E-state index contributed by atoms with van der Waals surface area (Å²) in [7, 11) is -2.80. The van der Waals surface area contributed by atoms with Crippen LogP contribution >= 0.6 is 11.6 Å². The molecule has 0 aliphatic rings. The number of hydrogen-bond acceptors (Lipinski definition) is 5. The van der Waals surface area contributed by atoms with Gasteiger partial charge in [0, 0.05) is 0 Å². The summed E-state index contributed by atoms with van der Waals surface area (Å²) in [6.45, 7) is 1.35. The van der Waals surface area contributed by atoms with Gasteiger partial charge in [-0.05, 0) is 60.5 Å². The number of anilines is 1. The van der Waals surface area contributed by atoms with Crippen LogP contribution in [0.3, 0.4) is 0 Å². The van der Waals surface area contributed by atoms with E-state index >= 15 is 0 Å². The normalized spacial score (nSPS) is 11.1. The zero-order chi connectivity index (χ0) is 25.7. The smallest absolute Gasteiger partial charge is 0.278 e. The summed E-state index contributed by atoms with van der Waals surface area (Å²) in [6.07, 6.45) is 0. The van der Waals surface area contributed by atoms with Crippen molar-refractivity contribution in [2.75, 3.05) is 18.0 Å². The molecule has 0 spiro atoms. The van der Waals surface area contributed by atoms with Crippen molar-refractivity contribution in [1.82, 2.24) is 0 Å². The van der Waals surface area contributed by atoms with Gasteiger partial charge >= 0.3 is 0 Å². The Bertz CT molecular complexity index is 1450. The van der Waals surface area contributed by atoms with E-state index in [1.165, 1.54) is 37.4 Å². The molecule has 0 N–H and O–H groups in total. The van der Waals surface area contributed by atoms with Crippen LogP contribution in [-0.4, -0.2) is 28.0 Å². The molecular formula is C28H24ClNO5S. The lowest BCUT2D eigenvalue weighted by atomic mass is 10.1. The molecule has 0 heterocycles. The van der Waals surface area contributed by atoms with E-state index in [0.717, 1.165) is 16.7 Å². The fourth-order valence-corrected chi connectivity index (χ4v) is 5.25. The average Bonchev–Trinajstić information content (AvgIpc) is 2.89. The lowest BCUT2D eigenvalue weighted by Crippen LogP contribution is -2.40. The molecule has 1 amide bonds. The topological polar surface area (TPSA) is 72.9 Å². The Morgan fingerprint density at radius 2 is 1.50 bits per heavy atom. The number of rotatable bonds is 8. The minimum absolute atomic E-state index is 0.0272. The summed E-state index contributed by atoms with van der Waals surface area (Å²) in [6, 6.07) is 27.6. The van der Waals surface area contributed by atoms with Crippen LogP contribution in [0.15, 0.2) is 102 Å². The second-order valence-electron chi connectivity index (χ2n) is 7.97. The second kappa shape index (κ2) is 10.8. The zero-order valence-corrected chi connectivity index (χ0v) is 21.3. The number of halogens is 1. The fraction of sp³-hybridized carbons (Fsp3) is 0.107. The number of ether oxygens (including phenoxy) is 2. The Kier molecular flexibility index (Phi) is 7.62. The lowest BCUT2D eigenvalue weighted by Gasteiger charge is -2.23. The first kappa shape index (κ1) is 25.3. The predicted molar refractivity (Wildman–Crippen MR) is 141 cm³/mol. The zero-order valence-electron chi connectivity index (χ0n) is 19.7. The molecule has 184 valence electrons. The molecule has 0 aliphatic carbocycles. The summed E-state index contributed by atoms with van der Waals surface area (Å²) in [5.74, 6) is 0.0164. The maximum Gasteiger partial charge on any atom is 0.278 e. The highest BCUT2D eigenvalue weighted by atomic mass is 35.5. The Labute approximate surface area is 215 Å². The van der Waals surface area contributed by atoms with Crippen molar-refractivity contribution >= 4 is 33.2 Å². The first-order chi connectivity index (χ1) is 17.3. The second-order valence-corrected chi connectivity index (χ2v) is 10.2. The van der Waals surface area contributed by atoms with E-state index in [0.29, 0.717) is 15.8 Å². The monoisotopic (exact) mass is 521 g/mol. The quantitative estimate of drug-likeness (QED) is 0.279. The van der Waals surface area contributed by atoms with E-state index < -0.39 is 22.5 Å². The molecule has 8 heteroatoms. The van der Waals surface area contributed by atoms with E-state index in [-0.39, 0.29) is 15.6 Å². The van der Waals surface area contributed by atoms with Gasteiger partial charge in [-0.2, -0.15) is 4.31 Å². The van der Waals surface area contributed by atoms with E-state index in [1.807, 2.05) is 49.4 Å². The largest absolute Gasteiger partial charge is 0.495 e. The number of amides is 1. The van der Waals surface area contributed by atoms with Gasteiger partial charge in [-0.15, -0.1) is 0 Å². The minimum Gasteiger partial charge on any atom is -0.495 e. The highest BCUT2D eigenvalue weighted by Crippen LogP contribution is 2.32. The van der Waals surface area contributed by atoms with Crippen molar-refractivity contribution in [2.24, 2.45) is 0 Å². The van der Waals surface area contributed by atoms with E-state index in [1.54, 1.807) is 24.3 Å². The summed E-state index contributed by atoms with van der Waals surface area (Å²) in [4.78, 5) is 13.3. The van der Waals surface area contributed by atoms with Gasteiger partial charge in [-0.1, -0.05) is 71.8 Å². The van der Waals surface area contributed by atoms with Gasteiger partial charge in [-0.3, -0.25) is 4.79 Å². The molecule has 0 radical (unpaired) electrons. The van der Waals surface area contributed by atoms with Crippen LogP contribution in [0.4, 0.5) is 5.69 Å². The third-order valence-corrected chi connectivity index (χ3v) is 7.54. The summed E-state index contributed by atoms with van der Waals surface area (Å²) in [5.41, 5.74) is 3.01. The molecule has 0 saturated heterocycles. The Balaban J connectivity index is 1.61. The first-order valence-corrected chi connectivity index (χ1v) is 12.9. The number of aryl methyl sites for hydroxylation is 1. The number of benzene rings is 4. The van der Waals surface area contributed by atoms with Crippen LogP contribution < -0.4 is 13.8 Å². The molecule has 0 aliphatic heterocycles. The van der Waals surface area contributed by atoms with E-state index in [9.17, 15) is 13.2 Å². The standard InChI is InChI=1S/C28H24ClNO5S/c1-20-8-15-25(16-9-20)36(32,33)30(23-12-17-27(34-2)26(29)18-23)28(31)19-35-24-13-10-22(11-14-24)21-6-4-3-5-7-21/h3-18H,19H2,1-2H3. The number of nitrogens with zero attached hydrogens (tertiary/aromatic N) is 1. The van der Waals surface area contributed by atoms with Crippen LogP contribution in [0.1, 0.15) is 5.56 Å². The number of carbonyl (C=O) groups is 1. The summed E-state index contributed by atoms with van der Waals surface area (Å²) in [5, 5.41) is 0.171. The predicted octanol–water partition coefficient (Wildman–Crippen LogP) is 6.12. The molecule has 0 unspecified atom stereocenters. The summed E-state index contributed by atoms with van der Waals surface area (Å²) < 4.78 is 38.6. The maximum atomic E-state index is 13.5. The Morgan fingerprint density at radius 1 is 0.861 bits per heavy atom. The molecule has 0 fully saturated rings. The fourth-order valence-electron chi connectivity index (χ4n) is 3.59. The van der Waals surface area contributed by atoms with E-state index in [2.05, 4.69) is 0 Å². The van der Waals surface area contributed by atoms with Gasteiger partial charge in [-0.25, -0.2) is 8.42 Å². The molecular weight excluding hydrogens is 498 g/mol. The van der Waals surface area contributed by atoms with Crippen LogP contribution in [0.5, 0.6) is 11.5 Å². The minimum atomic E-state index is -4.25. The molecule has 36 heavy (non-hydrogen) atoms. The van der Waals surface area contributed by atoms with Gasteiger partial charge in [0.15, 0.2) is 6.61 Å². The van der Waals surface area contributed by atoms with E-state index in [4.69, 9.17) is 21.1 Å². The van der Waals surface area contributed by atoms with Crippen molar-refractivity contribution in [3.05, 3.63) is 108 Å². The third-order valence-electron chi connectivity index (χ3n) is 5.48. The molecule has 0 saturated carbocycles. The molecule has 6 nitrogen and oxygen atoms in total. The van der Waals surface area contributed by atoms with Crippen LogP contribution in [0.2, 0.25) is 5.02 Å². The maximum absolute atomic E-state index is 13.5. The summed E-state index contributed by atoms with van der Waals surface area (Å²) >= 11 is 6.24. The van der Waals surface area contributed by atoms with Crippen molar-refractivity contribution in [3.8, 4) is 22.6 Å². The first-order valence-electron chi connectivity index (χ1n) is 11.1. The van der Waals surface area contributed by atoms with Crippen LogP contribution in [0.25, 0.3) is 11.1 Å².